The molecule has 4 fully saturated rings. The van der Waals surface area contributed by atoms with E-state index < -0.39 is 24.2 Å². The lowest BCUT2D eigenvalue weighted by Gasteiger charge is -2.62. The molecule has 1 aromatic rings. The Balaban J connectivity index is 1.50. The topological polar surface area (TPSA) is 88.5 Å². The second-order valence-corrected chi connectivity index (χ2v) is 15.6. The van der Waals surface area contributed by atoms with E-state index in [0.717, 1.165) is 38.2 Å². The zero-order chi connectivity index (χ0) is 31.0. The van der Waals surface area contributed by atoms with E-state index in [1.165, 1.54) is 12.0 Å². The molecule has 8 atom stereocenters. The van der Waals surface area contributed by atoms with Gasteiger partial charge in [0.25, 0.3) is 0 Å². The summed E-state index contributed by atoms with van der Waals surface area (Å²) >= 11 is 0. The van der Waals surface area contributed by atoms with Gasteiger partial charge in [-0.15, -0.1) is 0 Å². The van der Waals surface area contributed by atoms with E-state index in [4.69, 9.17) is 4.84 Å². The van der Waals surface area contributed by atoms with Gasteiger partial charge in [0, 0.05) is 38.1 Å². The molecule has 3 N–H and O–H groups in total. The minimum Gasteiger partial charge on any atom is -0.394 e. The predicted molar refractivity (Wildman–Crippen MR) is 167 cm³/mol. The molecule has 5 rings (SSSR count). The van der Waals surface area contributed by atoms with Gasteiger partial charge in [0.05, 0.1) is 19.3 Å². The number of carbonyl (C=O) groups excluding carboxylic acids is 1. The van der Waals surface area contributed by atoms with Crippen LogP contribution in [0.2, 0.25) is 0 Å². The normalized spacial score (nSPS) is 31.8. The SMILES string of the molecule is C[C@H](O)[C@@H]1[C@H](CO)ON(Cc2cccc(CN(CCN(C)C)CC(C)(C)C)c2)[C@@H]1C(=O)N[C@H]1CC2CC([C@H]1C)C2(C)C. The lowest BCUT2D eigenvalue weighted by atomic mass is 9.45. The third kappa shape index (κ3) is 7.56. The molecule has 1 aromatic carbocycles. The average Bonchev–Trinajstić information content (AvgIpc) is 3.26. The summed E-state index contributed by atoms with van der Waals surface area (Å²) in [5.41, 5.74) is 2.80. The predicted octanol–water partition coefficient (Wildman–Crippen LogP) is 3.76. The summed E-state index contributed by atoms with van der Waals surface area (Å²) in [5, 5.41) is 26.0. The molecule has 238 valence electrons. The molecule has 8 heteroatoms. The highest BCUT2D eigenvalue weighted by molar-refractivity contribution is 5.82. The maximum absolute atomic E-state index is 14.0. The number of hydrogen-bond acceptors (Lipinski definition) is 7. The van der Waals surface area contributed by atoms with Crippen molar-refractivity contribution in [3.63, 3.8) is 0 Å². The first-order chi connectivity index (χ1) is 19.6. The van der Waals surface area contributed by atoms with Crippen molar-refractivity contribution in [1.82, 2.24) is 20.2 Å². The third-order valence-electron chi connectivity index (χ3n) is 10.4. The number of aliphatic hydroxyl groups is 2. The maximum atomic E-state index is 14.0. The molecule has 4 aliphatic rings. The number of nitrogens with one attached hydrogen (secondary N) is 1. The molecule has 0 spiro atoms. The summed E-state index contributed by atoms with van der Waals surface area (Å²) < 4.78 is 0. The first kappa shape index (κ1) is 33.3. The Bertz CT molecular complexity index is 1050. The molecule has 1 heterocycles. The smallest absolute Gasteiger partial charge is 0.240 e. The van der Waals surface area contributed by atoms with Crippen LogP contribution in [-0.2, 0) is 22.7 Å². The number of amides is 1. The fraction of sp³-hybridized carbons (Fsp3) is 0.794. The fourth-order valence-corrected chi connectivity index (χ4v) is 7.98. The van der Waals surface area contributed by atoms with E-state index in [0.29, 0.717) is 29.7 Å². The molecule has 8 nitrogen and oxygen atoms in total. The minimum atomic E-state index is -0.798. The number of hydrogen-bond donors (Lipinski definition) is 3. The standard InChI is InChI=1S/C34H58N4O4/c1-22-27-16-26(34(27,6)7)17-28(22)35-32(41)31-30(23(2)40)29(20-39)42-38(31)19-25-12-10-11-24(15-25)18-37(14-13-36(8)9)21-33(3,4)5/h10-12,15,22-23,26-31,39-40H,13-14,16-21H2,1-9H3,(H,35,41)/t22-,23+,26?,27?,28+,29+,30-,31+/m1/s1. The van der Waals surface area contributed by atoms with Crippen LogP contribution in [0.15, 0.2) is 24.3 Å². The lowest BCUT2D eigenvalue weighted by molar-refractivity contribution is -0.183. The summed E-state index contributed by atoms with van der Waals surface area (Å²) in [4.78, 5) is 24.9. The molecule has 3 aliphatic carbocycles. The number of likely N-dealkylation sites (N-methyl/N-ethyl adjacent to an activating group) is 1. The molecule has 2 bridgehead atoms. The quantitative estimate of drug-likeness (QED) is 0.344. The fourth-order valence-electron chi connectivity index (χ4n) is 7.98. The van der Waals surface area contributed by atoms with Gasteiger partial charge in [0.15, 0.2) is 0 Å². The van der Waals surface area contributed by atoms with Crippen molar-refractivity contribution >= 4 is 5.91 Å². The zero-order valence-electron chi connectivity index (χ0n) is 27.6. The van der Waals surface area contributed by atoms with Gasteiger partial charge in [0.1, 0.15) is 12.1 Å². The number of hydroxylamine groups is 2. The molecular weight excluding hydrogens is 528 g/mol. The minimum absolute atomic E-state index is 0.107. The largest absolute Gasteiger partial charge is 0.394 e. The van der Waals surface area contributed by atoms with Crippen LogP contribution < -0.4 is 5.32 Å². The van der Waals surface area contributed by atoms with Gasteiger partial charge in [-0.25, -0.2) is 0 Å². The van der Waals surface area contributed by atoms with E-state index in [9.17, 15) is 15.0 Å². The van der Waals surface area contributed by atoms with Crippen molar-refractivity contribution in [2.75, 3.05) is 40.3 Å². The van der Waals surface area contributed by atoms with E-state index in [1.807, 2.05) is 0 Å². The Morgan fingerprint density at radius 2 is 1.88 bits per heavy atom. The highest BCUT2D eigenvalue weighted by atomic mass is 16.7. The van der Waals surface area contributed by atoms with Gasteiger partial charge in [-0.05, 0) is 73.6 Å². The van der Waals surface area contributed by atoms with E-state index in [2.05, 4.69) is 95.0 Å². The summed E-state index contributed by atoms with van der Waals surface area (Å²) in [6.07, 6.45) is 0.815. The van der Waals surface area contributed by atoms with Gasteiger partial charge in [-0.1, -0.05) is 65.8 Å². The van der Waals surface area contributed by atoms with Crippen LogP contribution in [-0.4, -0.2) is 95.6 Å². The number of nitrogens with zero attached hydrogens (tertiary/aromatic N) is 3. The van der Waals surface area contributed by atoms with Gasteiger partial charge in [0.2, 0.25) is 5.91 Å². The summed E-state index contributed by atoms with van der Waals surface area (Å²) in [6.45, 7) is 19.5. The van der Waals surface area contributed by atoms with Gasteiger partial charge < -0.3 is 20.4 Å². The molecular formula is C34H58N4O4. The Morgan fingerprint density at radius 3 is 2.45 bits per heavy atom. The molecule has 3 saturated carbocycles. The Kier molecular flexibility index (Phi) is 10.5. The van der Waals surface area contributed by atoms with E-state index >= 15 is 0 Å². The van der Waals surface area contributed by atoms with Crippen LogP contribution in [0.4, 0.5) is 0 Å². The van der Waals surface area contributed by atoms with Crippen molar-refractivity contribution in [2.24, 2.45) is 34.5 Å². The van der Waals surface area contributed by atoms with Crippen LogP contribution in [0.5, 0.6) is 0 Å². The number of benzene rings is 1. The van der Waals surface area contributed by atoms with E-state index in [-0.39, 0.29) is 24.0 Å². The molecule has 1 saturated heterocycles. The first-order valence-corrected chi connectivity index (χ1v) is 16.1. The number of aliphatic hydroxyl groups excluding tert-OH is 2. The third-order valence-corrected chi connectivity index (χ3v) is 10.4. The highest BCUT2D eigenvalue weighted by Crippen LogP contribution is 2.61. The Hall–Kier alpha value is -1.55. The van der Waals surface area contributed by atoms with Crippen LogP contribution in [0.1, 0.15) is 72.4 Å². The molecule has 1 amide bonds. The summed E-state index contributed by atoms with van der Waals surface area (Å²) in [5.74, 6) is 1.04. The number of fused-ring (bicyclic) bond motifs is 2. The monoisotopic (exact) mass is 586 g/mol. The van der Waals surface area contributed by atoms with Gasteiger partial charge in [-0.2, -0.15) is 5.06 Å². The maximum Gasteiger partial charge on any atom is 0.240 e. The van der Waals surface area contributed by atoms with Crippen molar-refractivity contribution in [1.29, 1.82) is 0 Å². The molecule has 42 heavy (non-hydrogen) atoms. The van der Waals surface area contributed by atoms with Crippen molar-refractivity contribution in [2.45, 2.75) is 98.7 Å². The lowest BCUT2D eigenvalue weighted by Crippen LogP contribution is -2.62. The Morgan fingerprint density at radius 1 is 1.19 bits per heavy atom. The van der Waals surface area contributed by atoms with E-state index in [1.54, 1.807) is 12.0 Å². The Labute approximate surface area is 254 Å². The van der Waals surface area contributed by atoms with Gasteiger partial charge >= 0.3 is 0 Å². The van der Waals surface area contributed by atoms with Crippen LogP contribution in [0, 0.1) is 34.5 Å². The second-order valence-electron chi connectivity index (χ2n) is 15.6. The number of carbonyl (C=O) groups is 1. The summed E-state index contributed by atoms with van der Waals surface area (Å²) in [6, 6.07) is 7.95. The second kappa shape index (κ2) is 13.2. The molecule has 1 aliphatic heterocycles. The van der Waals surface area contributed by atoms with Crippen LogP contribution >= 0.6 is 0 Å². The van der Waals surface area contributed by atoms with Crippen molar-refractivity contribution in [3.05, 3.63) is 35.4 Å². The molecule has 0 aromatic heterocycles. The highest BCUT2D eigenvalue weighted by Gasteiger charge is 2.57. The van der Waals surface area contributed by atoms with Crippen LogP contribution in [0.25, 0.3) is 0 Å². The van der Waals surface area contributed by atoms with Gasteiger partial charge in [-0.3, -0.25) is 14.5 Å². The zero-order valence-corrected chi connectivity index (χ0v) is 27.6. The molecule has 2 unspecified atom stereocenters. The van der Waals surface area contributed by atoms with Crippen molar-refractivity contribution in [3.8, 4) is 0 Å². The van der Waals surface area contributed by atoms with Crippen LogP contribution in [0.3, 0.4) is 0 Å². The number of rotatable bonds is 12. The first-order valence-electron chi connectivity index (χ1n) is 16.1. The summed E-state index contributed by atoms with van der Waals surface area (Å²) in [7, 11) is 4.22. The molecule has 0 radical (unpaired) electrons. The average molecular weight is 587 g/mol. The van der Waals surface area contributed by atoms with Crippen molar-refractivity contribution < 1.29 is 19.8 Å².